The number of likely N-dealkylation sites (N-methyl/N-ethyl adjacent to an activating group) is 1. The minimum absolute atomic E-state index is 0.166. The predicted molar refractivity (Wildman–Crippen MR) is 94.2 cm³/mol. The lowest BCUT2D eigenvalue weighted by Crippen LogP contribution is -2.39. The van der Waals surface area contributed by atoms with E-state index in [1.54, 1.807) is 18.2 Å². The Morgan fingerprint density at radius 3 is 2.50 bits per heavy atom. The number of benzene rings is 1. The summed E-state index contributed by atoms with van der Waals surface area (Å²) in [6, 6.07) is 8.15. The van der Waals surface area contributed by atoms with E-state index in [9.17, 15) is 13.2 Å². The molecule has 2 rings (SSSR count). The summed E-state index contributed by atoms with van der Waals surface area (Å²) in [6.45, 7) is 3.69. The van der Waals surface area contributed by atoms with E-state index in [0.717, 1.165) is 30.4 Å². The van der Waals surface area contributed by atoms with Crippen LogP contribution >= 0.6 is 0 Å². The van der Waals surface area contributed by atoms with Gasteiger partial charge in [0.2, 0.25) is 15.9 Å². The largest absolute Gasteiger partial charge is 0.355 e. The van der Waals surface area contributed by atoms with Gasteiger partial charge in [0.05, 0.1) is 11.4 Å². The van der Waals surface area contributed by atoms with Gasteiger partial charge in [-0.3, -0.25) is 4.79 Å². The van der Waals surface area contributed by atoms with Gasteiger partial charge in [0.15, 0.2) is 0 Å². The lowest BCUT2D eigenvalue weighted by atomic mass is 10.1. The Morgan fingerprint density at radius 2 is 1.83 bits per heavy atom. The quantitative estimate of drug-likeness (QED) is 0.715. The van der Waals surface area contributed by atoms with Crippen molar-refractivity contribution < 1.29 is 13.2 Å². The van der Waals surface area contributed by atoms with Crippen LogP contribution in [0.15, 0.2) is 35.2 Å². The lowest BCUT2D eigenvalue weighted by Gasteiger charge is -2.26. The van der Waals surface area contributed by atoms with Crippen molar-refractivity contribution >= 4 is 15.9 Å². The SMILES string of the molecule is CN(CC(=O)NCCCN1CCCCC1)S(=O)(=O)c1ccccc1. The number of nitrogens with one attached hydrogen (secondary N) is 1. The van der Waals surface area contributed by atoms with Gasteiger partial charge >= 0.3 is 0 Å². The Morgan fingerprint density at radius 1 is 1.17 bits per heavy atom. The van der Waals surface area contributed by atoms with E-state index in [2.05, 4.69) is 10.2 Å². The van der Waals surface area contributed by atoms with Crippen LogP contribution in [0.2, 0.25) is 0 Å². The molecular weight excluding hydrogens is 326 g/mol. The molecule has 1 fully saturated rings. The fourth-order valence-corrected chi connectivity index (χ4v) is 3.98. The van der Waals surface area contributed by atoms with Gasteiger partial charge < -0.3 is 10.2 Å². The van der Waals surface area contributed by atoms with E-state index in [1.807, 2.05) is 0 Å². The third-order valence-corrected chi connectivity index (χ3v) is 6.06. The zero-order chi connectivity index (χ0) is 17.4. The van der Waals surface area contributed by atoms with Crippen LogP contribution in [0, 0.1) is 0 Å². The number of rotatable bonds is 8. The summed E-state index contributed by atoms with van der Waals surface area (Å²) in [5.74, 6) is -0.268. The number of nitrogens with zero attached hydrogens (tertiary/aromatic N) is 2. The van der Waals surface area contributed by atoms with Crippen molar-refractivity contribution in [2.24, 2.45) is 0 Å². The maximum Gasteiger partial charge on any atom is 0.243 e. The van der Waals surface area contributed by atoms with Gasteiger partial charge in [-0.25, -0.2) is 8.42 Å². The molecular formula is C17H27N3O3S. The van der Waals surface area contributed by atoms with Gasteiger partial charge in [0.25, 0.3) is 0 Å². The highest BCUT2D eigenvalue weighted by Crippen LogP contribution is 2.13. The molecule has 1 amide bonds. The Kier molecular flexibility index (Phi) is 7.20. The van der Waals surface area contributed by atoms with E-state index in [0.29, 0.717) is 6.54 Å². The minimum atomic E-state index is -3.62. The topological polar surface area (TPSA) is 69.7 Å². The standard InChI is InChI=1S/C17H27N3O3S/c1-19(24(22,23)16-9-4-2-5-10-16)15-17(21)18-11-8-14-20-12-6-3-7-13-20/h2,4-5,9-10H,3,6-8,11-15H2,1H3,(H,18,21). The Labute approximate surface area is 144 Å². The molecule has 0 radical (unpaired) electrons. The van der Waals surface area contributed by atoms with Crippen LogP contribution in [-0.4, -0.2) is 63.3 Å². The molecule has 1 aliphatic heterocycles. The van der Waals surface area contributed by atoms with Crippen molar-refractivity contribution in [3.63, 3.8) is 0 Å². The molecule has 0 aliphatic carbocycles. The Hall–Kier alpha value is -1.44. The first kappa shape index (κ1) is 18.9. The van der Waals surface area contributed by atoms with E-state index >= 15 is 0 Å². The van der Waals surface area contributed by atoms with E-state index in [1.165, 1.54) is 38.4 Å². The monoisotopic (exact) mass is 353 g/mol. The highest BCUT2D eigenvalue weighted by Gasteiger charge is 2.22. The van der Waals surface area contributed by atoms with Gasteiger partial charge in [-0.1, -0.05) is 24.6 Å². The van der Waals surface area contributed by atoms with Crippen LogP contribution in [0.3, 0.4) is 0 Å². The molecule has 1 heterocycles. The molecule has 1 N–H and O–H groups in total. The maximum atomic E-state index is 12.3. The third-order valence-electron chi connectivity index (χ3n) is 4.24. The van der Waals surface area contributed by atoms with Crippen LogP contribution < -0.4 is 5.32 Å². The van der Waals surface area contributed by atoms with Crippen LogP contribution in [0.25, 0.3) is 0 Å². The second kappa shape index (κ2) is 9.15. The number of hydrogen-bond acceptors (Lipinski definition) is 4. The van der Waals surface area contributed by atoms with Gasteiger partial charge in [0, 0.05) is 13.6 Å². The van der Waals surface area contributed by atoms with Gasteiger partial charge in [-0.2, -0.15) is 4.31 Å². The van der Waals surface area contributed by atoms with Gasteiger partial charge in [-0.05, 0) is 51.0 Å². The number of likely N-dealkylation sites (tertiary alicyclic amines) is 1. The number of carbonyl (C=O) groups excluding carboxylic acids is 1. The summed E-state index contributed by atoms with van der Waals surface area (Å²) in [6.07, 6.45) is 4.72. The van der Waals surface area contributed by atoms with Crippen LogP contribution in [-0.2, 0) is 14.8 Å². The first-order chi connectivity index (χ1) is 11.5. The van der Waals surface area contributed by atoms with E-state index in [-0.39, 0.29) is 17.3 Å². The predicted octanol–water partition coefficient (Wildman–Crippen LogP) is 1.30. The van der Waals surface area contributed by atoms with Crippen molar-refractivity contribution in [1.82, 2.24) is 14.5 Å². The molecule has 0 unspecified atom stereocenters. The highest BCUT2D eigenvalue weighted by atomic mass is 32.2. The molecule has 0 atom stereocenters. The van der Waals surface area contributed by atoms with Crippen molar-refractivity contribution in [3.05, 3.63) is 30.3 Å². The minimum Gasteiger partial charge on any atom is -0.355 e. The molecule has 1 aromatic carbocycles. The molecule has 0 bridgehead atoms. The molecule has 0 saturated carbocycles. The van der Waals surface area contributed by atoms with Gasteiger partial charge in [-0.15, -0.1) is 0 Å². The molecule has 1 saturated heterocycles. The van der Waals surface area contributed by atoms with Crippen molar-refractivity contribution in [1.29, 1.82) is 0 Å². The first-order valence-electron chi connectivity index (χ1n) is 8.50. The summed E-state index contributed by atoms with van der Waals surface area (Å²) in [7, 11) is -2.19. The van der Waals surface area contributed by atoms with Crippen molar-refractivity contribution in [2.45, 2.75) is 30.6 Å². The molecule has 24 heavy (non-hydrogen) atoms. The molecule has 0 aromatic heterocycles. The number of sulfonamides is 1. The smallest absolute Gasteiger partial charge is 0.243 e. The third kappa shape index (κ3) is 5.58. The lowest BCUT2D eigenvalue weighted by molar-refractivity contribution is -0.121. The van der Waals surface area contributed by atoms with E-state index < -0.39 is 10.0 Å². The molecule has 7 heteroatoms. The second-order valence-electron chi connectivity index (χ2n) is 6.18. The summed E-state index contributed by atoms with van der Waals surface area (Å²) in [5, 5.41) is 2.80. The summed E-state index contributed by atoms with van der Waals surface area (Å²) < 4.78 is 25.8. The molecule has 134 valence electrons. The number of carbonyl (C=O) groups is 1. The van der Waals surface area contributed by atoms with Crippen molar-refractivity contribution in [3.8, 4) is 0 Å². The first-order valence-corrected chi connectivity index (χ1v) is 9.94. The normalized spacial score (nSPS) is 16.2. The summed E-state index contributed by atoms with van der Waals surface area (Å²) in [5.41, 5.74) is 0. The Bertz CT molecular complexity index is 613. The Balaban J connectivity index is 1.71. The van der Waals surface area contributed by atoms with Crippen molar-refractivity contribution in [2.75, 3.05) is 39.8 Å². The molecule has 0 spiro atoms. The molecule has 1 aliphatic rings. The average Bonchev–Trinajstić information content (AvgIpc) is 2.60. The van der Waals surface area contributed by atoms with Crippen LogP contribution in [0.4, 0.5) is 0 Å². The van der Waals surface area contributed by atoms with E-state index in [4.69, 9.17) is 0 Å². The summed E-state index contributed by atoms with van der Waals surface area (Å²) >= 11 is 0. The van der Waals surface area contributed by atoms with Crippen LogP contribution in [0.1, 0.15) is 25.7 Å². The summed E-state index contributed by atoms with van der Waals surface area (Å²) in [4.78, 5) is 14.6. The fraction of sp³-hybridized carbons (Fsp3) is 0.588. The molecule has 1 aromatic rings. The number of piperidine rings is 1. The fourth-order valence-electron chi connectivity index (χ4n) is 2.83. The molecule has 6 nitrogen and oxygen atoms in total. The average molecular weight is 353 g/mol. The zero-order valence-corrected chi connectivity index (χ0v) is 15.1. The zero-order valence-electron chi connectivity index (χ0n) is 14.3. The number of hydrogen-bond donors (Lipinski definition) is 1. The number of amides is 1. The highest BCUT2D eigenvalue weighted by molar-refractivity contribution is 7.89. The maximum absolute atomic E-state index is 12.3. The van der Waals surface area contributed by atoms with Crippen LogP contribution in [0.5, 0.6) is 0 Å². The van der Waals surface area contributed by atoms with Gasteiger partial charge in [0.1, 0.15) is 0 Å². The second-order valence-corrected chi connectivity index (χ2v) is 8.22.